The van der Waals surface area contributed by atoms with E-state index in [1.165, 1.54) is 0 Å². The molecule has 5 aromatic carbocycles. The van der Waals surface area contributed by atoms with Gasteiger partial charge >= 0.3 is 0 Å². The summed E-state index contributed by atoms with van der Waals surface area (Å²) in [5, 5.41) is 3.70. The fourth-order valence-corrected chi connectivity index (χ4v) is 7.88. The first-order valence-corrected chi connectivity index (χ1v) is 19.0. The average molecular weight is 720 g/mol. The van der Waals surface area contributed by atoms with Crippen LogP contribution in [0.2, 0.25) is 0 Å². The van der Waals surface area contributed by atoms with Gasteiger partial charge in [-0.05, 0) is 82.5 Å². The highest BCUT2D eigenvalue weighted by Crippen LogP contribution is 2.39. The van der Waals surface area contributed by atoms with Gasteiger partial charge in [-0.2, -0.15) is 0 Å². The Morgan fingerprint density at radius 1 is 0.375 bits per heavy atom. The number of fused-ring (bicyclic) bond motifs is 8. The number of hydrogen-bond donors (Lipinski definition) is 3. The molecule has 0 radical (unpaired) electrons. The van der Waals surface area contributed by atoms with Gasteiger partial charge in [0.1, 0.15) is 0 Å². The minimum atomic E-state index is 0.597. The third-order valence-corrected chi connectivity index (χ3v) is 10.5. The molecule has 0 fully saturated rings. The van der Waals surface area contributed by atoms with Crippen LogP contribution in [-0.4, -0.2) is 19.9 Å². The molecule has 8 bridgehead atoms. The van der Waals surface area contributed by atoms with Crippen LogP contribution in [0.1, 0.15) is 28.3 Å². The van der Waals surface area contributed by atoms with Crippen LogP contribution in [0, 0.1) is 0 Å². The van der Waals surface area contributed by atoms with Gasteiger partial charge in [0.2, 0.25) is 0 Å². The van der Waals surface area contributed by atoms with Gasteiger partial charge in [0, 0.05) is 51.0 Å². The van der Waals surface area contributed by atoms with Gasteiger partial charge in [-0.3, -0.25) is 0 Å². The molecule has 0 atom stereocenters. The van der Waals surface area contributed by atoms with Crippen LogP contribution in [0.4, 0.5) is 5.69 Å². The summed E-state index contributed by atoms with van der Waals surface area (Å²) in [5.41, 5.74) is 18.1. The second-order valence-corrected chi connectivity index (χ2v) is 14.0. The van der Waals surface area contributed by atoms with E-state index in [1.807, 2.05) is 6.07 Å². The monoisotopic (exact) mass is 719 g/mol. The summed E-state index contributed by atoms with van der Waals surface area (Å²) in [6, 6.07) is 59.2. The zero-order valence-corrected chi connectivity index (χ0v) is 30.6. The van der Waals surface area contributed by atoms with Crippen molar-refractivity contribution in [2.24, 2.45) is 0 Å². The Hall–Kier alpha value is -7.50. The molecule has 5 nitrogen and oxygen atoms in total. The minimum Gasteiger partial charge on any atom is -0.381 e. The Balaban J connectivity index is 1.39. The number of nitrogens with zero attached hydrogens (tertiary/aromatic N) is 2. The fourth-order valence-electron chi connectivity index (χ4n) is 7.88. The number of hydrogen-bond acceptors (Lipinski definition) is 3. The van der Waals surface area contributed by atoms with E-state index in [4.69, 9.17) is 9.97 Å². The molecule has 2 aliphatic heterocycles. The number of benzene rings is 5. The second-order valence-electron chi connectivity index (χ2n) is 14.0. The van der Waals surface area contributed by atoms with Crippen LogP contribution in [-0.2, 0) is 6.54 Å². The molecule has 0 saturated heterocycles. The van der Waals surface area contributed by atoms with Gasteiger partial charge in [-0.25, -0.2) is 9.97 Å². The number of nitrogens with one attached hydrogen (secondary N) is 3. The second kappa shape index (κ2) is 14.4. The first-order chi connectivity index (χ1) is 27.8. The first-order valence-electron chi connectivity index (χ1n) is 19.0. The van der Waals surface area contributed by atoms with Crippen molar-refractivity contribution in [3.05, 3.63) is 198 Å². The van der Waals surface area contributed by atoms with E-state index in [0.29, 0.717) is 6.54 Å². The van der Waals surface area contributed by atoms with Crippen LogP contribution < -0.4 is 5.32 Å². The van der Waals surface area contributed by atoms with E-state index in [1.54, 1.807) is 0 Å². The third-order valence-electron chi connectivity index (χ3n) is 10.5. The Labute approximate surface area is 325 Å². The number of para-hydroxylation sites is 1. The van der Waals surface area contributed by atoms with Crippen LogP contribution in [0.5, 0.6) is 0 Å². The van der Waals surface area contributed by atoms with Crippen molar-refractivity contribution in [2.45, 2.75) is 6.54 Å². The molecule has 0 aliphatic carbocycles. The molecular formula is C51H37N5. The average Bonchev–Trinajstić information content (AvgIpc) is 4.10. The summed E-state index contributed by atoms with van der Waals surface area (Å²) in [6.07, 6.45) is 8.61. The third kappa shape index (κ3) is 6.21. The maximum Gasteiger partial charge on any atom is 0.0737 e. The highest BCUT2D eigenvalue weighted by molar-refractivity contribution is 6.00. The van der Waals surface area contributed by atoms with Crippen LogP contribution in [0.3, 0.4) is 0 Å². The summed E-state index contributed by atoms with van der Waals surface area (Å²) in [7, 11) is 0. The maximum absolute atomic E-state index is 5.49. The minimum absolute atomic E-state index is 0.597. The number of aromatic amines is 2. The lowest BCUT2D eigenvalue weighted by molar-refractivity contribution is 1.17. The summed E-state index contributed by atoms with van der Waals surface area (Å²) >= 11 is 0. The number of H-pyrrole nitrogens is 2. The van der Waals surface area contributed by atoms with Crippen LogP contribution >= 0.6 is 0 Å². The topological polar surface area (TPSA) is 69.4 Å². The maximum atomic E-state index is 5.49. The Kier molecular flexibility index (Phi) is 8.50. The largest absolute Gasteiger partial charge is 0.381 e. The van der Waals surface area contributed by atoms with Crippen LogP contribution in [0.15, 0.2) is 170 Å². The summed E-state index contributed by atoms with van der Waals surface area (Å²) < 4.78 is 0. The molecule has 3 aromatic heterocycles. The number of aromatic nitrogens is 4. The van der Waals surface area contributed by atoms with Crippen molar-refractivity contribution >= 4 is 52.1 Å². The molecule has 8 aromatic rings. The van der Waals surface area contributed by atoms with Crippen molar-refractivity contribution in [1.82, 2.24) is 19.9 Å². The zero-order chi connectivity index (χ0) is 37.3. The highest BCUT2D eigenvalue weighted by atomic mass is 14.9. The smallest absolute Gasteiger partial charge is 0.0737 e. The molecule has 266 valence electrons. The van der Waals surface area contributed by atoms with Crippen molar-refractivity contribution in [3.63, 3.8) is 0 Å². The van der Waals surface area contributed by atoms with Crippen molar-refractivity contribution < 1.29 is 0 Å². The Bertz CT molecular complexity index is 2930. The predicted octanol–water partition coefficient (Wildman–Crippen LogP) is 12.9. The molecular weight excluding hydrogens is 683 g/mol. The molecule has 0 amide bonds. The first kappa shape index (κ1) is 33.1. The van der Waals surface area contributed by atoms with E-state index in [0.717, 1.165) is 101 Å². The van der Waals surface area contributed by atoms with E-state index in [2.05, 4.69) is 203 Å². The van der Waals surface area contributed by atoms with Gasteiger partial charge in [0.15, 0.2) is 0 Å². The van der Waals surface area contributed by atoms with Gasteiger partial charge < -0.3 is 15.3 Å². The highest BCUT2D eigenvalue weighted by Gasteiger charge is 2.20. The Morgan fingerprint density at radius 3 is 1.20 bits per heavy atom. The SMILES string of the molecule is C1=Cc2nc1c(-c1ccccc1)c1ccc([nH]1)c(-c1ccccc1)c1nc(c(-c3ccccc3)c3[nH]c(cc3CNc3ccccc3)c2-c2ccccc2)C=C1. The Morgan fingerprint density at radius 2 is 0.750 bits per heavy atom. The quantitative estimate of drug-likeness (QED) is 0.154. The molecule has 2 aliphatic rings. The molecule has 10 rings (SSSR count). The van der Waals surface area contributed by atoms with E-state index in [9.17, 15) is 0 Å². The predicted molar refractivity (Wildman–Crippen MR) is 234 cm³/mol. The summed E-state index contributed by atoms with van der Waals surface area (Å²) in [4.78, 5) is 18.7. The van der Waals surface area contributed by atoms with Crippen LogP contribution in [0.25, 0.3) is 90.9 Å². The molecule has 5 heteroatoms. The lowest BCUT2D eigenvalue weighted by atomic mass is 10.0. The van der Waals surface area contributed by atoms with E-state index in [-0.39, 0.29) is 0 Å². The molecule has 5 heterocycles. The van der Waals surface area contributed by atoms with Gasteiger partial charge in [0.25, 0.3) is 0 Å². The van der Waals surface area contributed by atoms with Gasteiger partial charge in [-0.1, -0.05) is 140 Å². The summed E-state index contributed by atoms with van der Waals surface area (Å²) in [5.74, 6) is 0. The number of anilines is 1. The molecule has 0 unspecified atom stereocenters. The molecule has 56 heavy (non-hydrogen) atoms. The van der Waals surface area contributed by atoms with Gasteiger partial charge in [-0.15, -0.1) is 0 Å². The van der Waals surface area contributed by atoms with Crippen molar-refractivity contribution in [1.29, 1.82) is 0 Å². The molecule has 0 spiro atoms. The normalized spacial score (nSPS) is 11.9. The standard InChI is InChI=1S/C51H37N5/c1-6-16-34(17-7-1)47-40-26-27-41(53-40)48(35-18-8-2-9-19-35)43-30-31-45(55-43)50(37-22-12-4-13-23-37)51-38(33-52-39-24-14-5-15-25-39)32-46(56-51)49(36-20-10-3-11-21-36)44-29-28-42(47)54-44/h1-32,52-53,56H,33H2. The van der Waals surface area contributed by atoms with E-state index < -0.39 is 0 Å². The zero-order valence-electron chi connectivity index (χ0n) is 30.6. The lowest BCUT2D eigenvalue weighted by Gasteiger charge is -2.09. The number of rotatable bonds is 7. The lowest BCUT2D eigenvalue weighted by Crippen LogP contribution is -1.99. The molecule has 0 saturated carbocycles. The van der Waals surface area contributed by atoms with Crippen molar-refractivity contribution in [3.8, 4) is 44.5 Å². The molecule has 3 N–H and O–H groups in total. The van der Waals surface area contributed by atoms with Gasteiger partial charge in [0.05, 0.1) is 28.3 Å². The van der Waals surface area contributed by atoms with E-state index >= 15 is 0 Å². The van der Waals surface area contributed by atoms with Crippen molar-refractivity contribution in [2.75, 3.05) is 5.32 Å². The summed E-state index contributed by atoms with van der Waals surface area (Å²) in [6.45, 7) is 0.597. The fraction of sp³-hybridized carbons (Fsp3) is 0.0196.